The maximum absolute atomic E-state index is 13.0. The summed E-state index contributed by atoms with van der Waals surface area (Å²) in [4.78, 5) is 42.6. The third kappa shape index (κ3) is 4.72. The van der Waals surface area contributed by atoms with E-state index in [4.69, 9.17) is 20.4 Å². The molecule has 5 aromatic rings. The molecular weight excluding hydrogens is 510 g/mol. The van der Waals surface area contributed by atoms with Crippen molar-refractivity contribution in [2.45, 2.75) is 13.1 Å². The fourth-order valence-corrected chi connectivity index (χ4v) is 4.42. The van der Waals surface area contributed by atoms with E-state index in [0.29, 0.717) is 16.7 Å². The molecule has 0 saturated heterocycles. The number of anilines is 1. The van der Waals surface area contributed by atoms with Crippen LogP contribution in [-0.2, 0) is 13.1 Å². The number of hydrogen-bond acceptors (Lipinski definition) is 10. The average Bonchev–Trinajstić information content (AvgIpc) is 3.67. The molecule has 0 aliphatic carbocycles. The van der Waals surface area contributed by atoms with E-state index >= 15 is 0 Å². The molecule has 13 heteroatoms. The number of pyridine rings is 1. The third-order valence-corrected chi connectivity index (χ3v) is 6.30. The zero-order chi connectivity index (χ0) is 25.2. The van der Waals surface area contributed by atoms with Crippen LogP contribution in [-0.4, -0.2) is 36.1 Å². The Balaban J connectivity index is 1.47. The maximum atomic E-state index is 13.0. The standard InChI is InChI=1S/C23H16ClN5O6S/c24-19-4-3-13(36-19)10-26-20-9-15(27-29(20)23(33)18-2-1-6-34-18)14-8-21(32)28(11-16(14)30)12-17(31)22-25-5-7-35-22/h1-9,11,26,30H,10,12H2. The predicted octanol–water partition coefficient (Wildman–Crippen LogP) is 3.90. The summed E-state index contributed by atoms with van der Waals surface area (Å²) in [5.74, 6) is -1.20. The van der Waals surface area contributed by atoms with Crippen LogP contribution in [0.4, 0.5) is 5.82 Å². The highest BCUT2D eigenvalue weighted by molar-refractivity contribution is 7.16. The molecule has 2 N–H and O–H groups in total. The Bertz CT molecular complexity index is 1600. The van der Waals surface area contributed by atoms with Gasteiger partial charge < -0.3 is 23.8 Å². The summed E-state index contributed by atoms with van der Waals surface area (Å²) in [6, 6.07) is 9.33. The van der Waals surface area contributed by atoms with E-state index in [0.717, 1.165) is 26.4 Å². The van der Waals surface area contributed by atoms with Crippen LogP contribution in [0.15, 0.2) is 74.9 Å². The Morgan fingerprint density at radius 2 is 2.03 bits per heavy atom. The second kappa shape index (κ2) is 9.68. The average molecular weight is 526 g/mol. The summed E-state index contributed by atoms with van der Waals surface area (Å²) in [6.07, 6.45) is 5.04. The molecule has 0 aliphatic rings. The number of nitrogens with zero attached hydrogens (tertiary/aromatic N) is 4. The molecule has 5 aromatic heterocycles. The molecule has 5 rings (SSSR count). The lowest BCUT2D eigenvalue weighted by molar-refractivity contribution is 0.0917. The lowest BCUT2D eigenvalue weighted by Crippen LogP contribution is -2.23. The second-order valence-corrected chi connectivity index (χ2v) is 9.27. The van der Waals surface area contributed by atoms with E-state index in [1.165, 1.54) is 42.2 Å². The Morgan fingerprint density at radius 1 is 1.17 bits per heavy atom. The van der Waals surface area contributed by atoms with E-state index in [1.54, 1.807) is 12.1 Å². The minimum absolute atomic E-state index is 0.0524. The van der Waals surface area contributed by atoms with Gasteiger partial charge in [0, 0.05) is 17.0 Å². The van der Waals surface area contributed by atoms with Crippen molar-refractivity contribution in [3.63, 3.8) is 0 Å². The van der Waals surface area contributed by atoms with Crippen LogP contribution in [0.1, 0.15) is 26.1 Å². The van der Waals surface area contributed by atoms with Crippen LogP contribution in [0.25, 0.3) is 11.3 Å². The van der Waals surface area contributed by atoms with Gasteiger partial charge in [0.1, 0.15) is 17.8 Å². The van der Waals surface area contributed by atoms with Gasteiger partial charge in [0.05, 0.1) is 47.3 Å². The number of aromatic nitrogens is 4. The SMILES string of the molecule is O=C(Cn1cc(O)c(-c2cc(NCc3ccc(Cl)s3)n(C(=O)c3ccco3)n2)cc1=O)c1ncco1. The van der Waals surface area contributed by atoms with Gasteiger partial charge in [-0.3, -0.25) is 14.4 Å². The molecule has 0 unspecified atom stereocenters. The van der Waals surface area contributed by atoms with Gasteiger partial charge in [-0.05, 0) is 24.3 Å². The van der Waals surface area contributed by atoms with Crippen LogP contribution < -0.4 is 10.9 Å². The predicted molar refractivity (Wildman–Crippen MR) is 130 cm³/mol. The van der Waals surface area contributed by atoms with Crippen LogP contribution in [0.5, 0.6) is 5.75 Å². The van der Waals surface area contributed by atoms with Crippen molar-refractivity contribution >= 4 is 40.4 Å². The first-order valence-corrected chi connectivity index (χ1v) is 11.6. The number of thiophene rings is 1. The summed E-state index contributed by atoms with van der Waals surface area (Å²) < 4.78 is 12.9. The van der Waals surface area contributed by atoms with Gasteiger partial charge in [-0.25, -0.2) is 4.98 Å². The normalized spacial score (nSPS) is 11.0. The highest BCUT2D eigenvalue weighted by atomic mass is 35.5. The van der Waals surface area contributed by atoms with Crippen molar-refractivity contribution in [1.29, 1.82) is 0 Å². The third-order valence-electron chi connectivity index (χ3n) is 5.07. The molecule has 0 spiro atoms. The molecule has 11 nitrogen and oxygen atoms in total. The molecular formula is C23H16ClN5O6S. The summed E-state index contributed by atoms with van der Waals surface area (Å²) >= 11 is 7.38. The first-order chi connectivity index (χ1) is 17.4. The number of rotatable bonds is 8. The minimum Gasteiger partial charge on any atom is -0.506 e. The van der Waals surface area contributed by atoms with E-state index in [9.17, 15) is 19.5 Å². The van der Waals surface area contributed by atoms with Crippen molar-refractivity contribution in [3.8, 4) is 17.0 Å². The number of Topliss-reactive ketones (excluding diaryl/α,β-unsaturated/α-hetero) is 1. The summed E-state index contributed by atoms with van der Waals surface area (Å²) in [5.41, 5.74) is -0.340. The Kier molecular flexibility index (Phi) is 6.27. The number of carbonyl (C=O) groups is 2. The van der Waals surface area contributed by atoms with Crippen molar-refractivity contribution in [1.82, 2.24) is 19.3 Å². The number of hydrogen-bond donors (Lipinski definition) is 2. The van der Waals surface area contributed by atoms with Crippen molar-refractivity contribution < 1.29 is 23.5 Å². The molecule has 5 heterocycles. The van der Waals surface area contributed by atoms with Gasteiger partial charge in [-0.1, -0.05) is 11.6 Å². The number of nitrogens with one attached hydrogen (secondary N) is 1. The summed E-state index contributed by atoms with van der Waals surface area (Å²) in [6.45, 7) is -0.0285. The number of halogens is 1. The summed E-state index contributed by atoms with van der Waals surface area (Å²) in [7, 11) is 0. The van der Waals surface area contributed by atoms with E-state index in [1.807, 2.05) is 6.07 Å². The molecule has 0 amide bonds. The van der Waals surface area contributed by atoms with E-state index in [2.05, 4.69) is 15.4 Å². The molecule has 0 aromatic carbocycles. The van der Waals surface area contributed by atoms with Crippen molar-refractivity contribution in [3.05, 3.63) is 92.5 Å². The molecule has 0 saturated carbocycles. The molecule has 0 aliphatic heterocycles. The lowest BCUT2D eigenvalue weighted by atomic mass is 10.1. The Morgan fingerprint density at radius 3 is 2.72 bits per heavy atom. The molecule has 0 radical (unpaired) electrons. The minimum atomic E-state index is -0.572. The van der Waals surface area contributed by atoms with Crippen LogP contribution in [0.2, 0.25) is 4.34 Å². The number of oxazole rings is 1. The first kappa shape index (κ1) is 23.3. The zero-order valence-corrected chi connectivity index (χ0v) is 19.8. The van der Waals surface area contributed by atoms with Gasteiger partial charge in [-0.2, -0.15) is 9.78 Å². The highest BCUT2D eigenvalue weighted by Crippen LogP contribution is 2.30. The molecule has 36 heavy (non-hydrogen) atoms. The maximum Gasteiger partial charge on any atom is 0.315 e. The number of carbonyl (C=O) groups excluding carboxylic acids is 2. The van der Waals surface area contributed by atoms with E-state index in [-0.39, 0.29) is 35.2 Å². The largest absolute Gasteiger partial charge is 0.506 e. The molecule has 0 fully saturated rings. The van der Waals surface area contributed by atoms with Crippen LogP contribution in [0, 0.1) is 0 Å². The fourth-order valence-electron chi connectivity index (χ4n) is 3.40. The molecule has 0 atom stereocenters. The summed E-state index contributed by atoms with van der Waals surface area (Å²) in [5, 5.41) is 18.1. The fraction of sp³-hybridized carbons (Fsp3) is 0.0870. The molecule has 0 bridgehead atoms. The number of ketones is 1. The monoisotopic (exact) mass is 525 g/mol. The quantitative estimate of drug-likeness (QED) is 0.288. The van der Waals surface area contributed by atoms with Crippen molar-refractivity contribution in [2.24, 2.45) is 0 Å². The van der Waals surface area contributed by atoms with Gasteiger partial charge >= 0.3 is 5.91 Å². The topological polar surface area (TPSA) is 145 Å². The van der Waals surface area contributed by atoms with Gasteiger partial charge in [0.25, 0.3) is 11.4 Å². The van der Waals surface area contributed by atoms with Crippen LogP contribution in [0.3, 0.4) is 0 Å². The highest BCUT2D eigenvalue weighted by Gasteiger charge is 2.22. The second-order valence-electron chi connectivity index (χ2n) is 7.47. The Hall–Kier alpha value is -4.42. The van der Waals surface area contributed by atoms with Crippen molar-refractivity contribution in [2.75, 3.05) is 5.32 Å². The van der Waals surface area contributed by atoms with Crippen LogP contribution >= 0.6 is 22.9 Å². The number of aromatic hydroxyl groups is 1. The Labute approximate surface area is 211 Å². The first-order valence-electron chi connectivity index (χ1n) is 10.4. The smallest absolute Gasteiger partial charge is 0.315 e. The zero-order valence-electron chi connectivity index (χ0n) is 18.3. The van der Waals surface area contributed by atoms with Gasteiger partial charge in [0.15, 0.2) is 5.76 Å². The molecule has 182 valence electrons. The van der Waals surface area contributed by atoms with E-state index < -0.39 is 17.2 Å². The van der Waals surface area contributed by atoms with Gasteiger partial charge in [0.2, 0.25) is 5.78 Å². The van der Waals surface area contributed by atoms with Gasteiger partial charge in [-0.15, -0.1) is 11.3 Å². The number of furan rings is 1. The lowest BCUT2D eigenvalue weighted by Gasteiger charge is -2.07.